The molecule has 0 fully saturated rings. The van der Waals surface area contributed by atoms with Gasteiger partial charge in [-0.1, -0.05) is 48.0 Å². The number of amides is 1. The van der Waals surface area contributed by atoms with Crippen LogP contribution in [-0.4, -0.2) is 25.8 Å². The summed E-state index contributed by atoms with van der Waals surface area (Å²) in [6.07, 6.45) is 2.64. The van der Waals surface area contributed by atoms with Crippen molar-refractivity contribution in [1.82, 2.24) is 0 Å². The van der Waals surface area contributed by atoms with Gasteiger partial charge in [0.2, 0.25) is 0 Å². The van der Waals surface area contributed by atoms with Crippen molar-refractivity contribution in [3.63, 3.8) is 0 Å². The second-order valence-corrected chi connectivity index (χ2v) is 5.10. The van der Waals surface area contributed by atoms with Crippen molar-refractivity contribution < 1.29 is 19.1 Å². The molecule has 2 aromatic rings. The van der Waals surface area contributed by atoms with Crippen LogP contribution in [0.15, 0.2) is 54.6 Å². The zero-order chi connectivity index (χ0) is 17.4. The molecule has 2 aromatic carbocycles. The van der Waals surface area contributed by atoms with Crippen molar-refractivity contribution in [1.29, 1.82) is 0 Å². The molecule has 0 aromatic heterocycles. The Kier molecular flexibility index (Phi) is 6.40. The van der Waals surface area contributed by atoms with Gasteiger partial charge < -0.3 is 14.8 Å². The molecule has 0 unspecified atom stereocenters. The summed E-state index contributed by atoms with van der Waals surface area (Å²) in [6, 6.07) is 14.1. The maximum absolute atomic E-state index is 12.3. The Morgan fingerprint density at radius 1 is 1.12 bits per heavy atom. The van der Waals surface area contributed by atoms with Crippen LogP contribution in [0.2, 0.25) is 5.02 Å². The Hall–Kier alpha value is -2.79. The topological polar surface area (TPSA) is 64.6 Å². The van der Waals surface area contributed by atoms with E-state index in [1.165, 1.54) is 7.11 Å². The molecule has 5 nitrogen and oxygen atoms in total. The highest BCUT2D eigenvalue weighted by molar-refractivity contribution is 6.34. The van der Waals surface area contributed by atoms with Gasteiger partial charge in [0.25, 0.3) is 5.91 Å². The summed E-state index contributed by atoms with van der Waals surface area (Å²) in [5.41, 5.74) is 1.79. The number of benzene rings is 2. The molecular weight excluding hydrogens is 330 g/mol. The Bertz CT molecular complexity index is 758. The third-order valence-electron chi connectivity index (χ3n) is 3.09. The van der Waals surface area contributed by atoms with Gasteiger partial charge in [0.1, 0.15) is 6.61 Å². The molecule has 0 bridgehead atoms. The van der Waals surface area contributed by atoms with Crippen molar-refractivity contribution in [2.24, 2.45) is 0 Å². The number of hydrogen-bond acceptors (Lipinski definition) is 4. The van der Waals surface area contributed by atoms with Gasteiger partial charge in [-0.25, -0.2) is 4.79 Å². The molecule has 1 amide bonds. The van der Waals surface area contributed by atoms with Gasteiger partial charge in [-0.2, -0.15) is 0 Å². The fourth-order valence-electron chi connectivity index (χ4n) is 1.94. The summed E-state index contributed by atoms with van der Waals surface area (Å²) in [7, 11) is 1.24. The molecule has 0 aliphatic carbocycles. The zero-order valence-electron chi connectivity index (χ0n) is 13.0. The number of carbonyl (C=O) groups is 2. The minimum atomic E-state index is -0.750. The SMILES string of the molecule is COC(=O)OC/C=C/c1ccccc1NC(=O)c1ccccc1Cl. The molecule has 0 aliphatic heterocycles. The van der Waals surface area contributed by atoms with Crippen molar-refractivity contribution in [2.45, 2.75) is 0 Å². The highest BCUT2D eigenvalue weighted by Crippen LogP contribution is 2.20. The van der Waals surface area contributed by atoms with Crippen LogP contribution in [0.3, 0.4) is 0 Å². The molecule has 0 atom stereocenters. The highest BCUT2D eigenvalue weighted by atomic mass is 35.5. The first-order valence-corrected chi connectivity index (χ1v) is 7.52. The molecule has 0 saturated carbocycles. The van der Waals surface area contributed by atoms with Gasteiger partial charge in [0.05, 0.1) is 17.7 Å². The van der Waals surface area contributed by atoms with Crippen LogP contribution in [0.4, 0.5) is 10.5 Å². The van der Waals surface area contributed by atoms with Crippen LogP contribution in [0, 0.1) is 0 Å². The van der Waals surface area contributed by atoms with Crippen molar-refractivity contribution >= 4 is 35.4 Å². The summed E-state index contributed by atoms with van der Waals surface area (Å²) in [4.78, 5) is 23.2. The summed E-state index contributed by atoms with van der Waals surface area (Å²) in [5, 5.41) is 3.21. The van der Waals surface area contributed by atoms with E-state index in [0.29, 0.717) is 16.3 Å². The predicted octanol–water partition coefficient (Wildman–Crippen LogP) is 4.39. The van der Waals surface area contributed by atoms with E-state index in [0.717, 1.165) is 5.56 Å². The van der Waals surface area contributed by atoms with E-state index in [9.17, 15) is 9.59 Å². The molecule has 0 saturated heterocycles. The quantitative estimate of drug-likeness (QED) is 0.816. The van der Waals surface area contributed by atoms with Crippen molar-refractivity contribution in [3.8, 4) is 0 Å². The normalized spacial score (nSPS) is 10.4. The van der Waals surface area contributed by atoms with Crippen LogP contribution in [0.1, 0.15) is 15.9 Å². The number of anilines is 1. The lowest BCUT2D eigenvalue weighted by Gasteiger charge is -2.09. The van der Waals surface area contributed by atoms with E-state index in [1.54, 1.807) is 42.5 Å². The second-order valence-electron chi connectivity index (χ2n) is 4.69. The van der Waals surface area contributed by atoms with Gasteiger partial charge >= 0.3 is 6.16 Å². The van der Waals surface area contributed by atoms with Gasteiger partial charge in [-0.15, -0.1) is 0 Å². The van der Waals surface area contributed by atoms with Gasteiger partial charge in [0, 0.05) is 5.69 Å². The van der Waals surface area contributed by atoms with Crippen LogP contribution < -0.4 is 5.32 Å². The van der Waals surface area contributed by atoms with Gasteiger partial charge in [-0.05, 0) is 29.8 Å². The maximum atomic E-state index is 12.3. The molecule has 0 heterocycles. The average Bonchev–Trinajstić information content (AvgIpc) is 2.60. The number of nitrogens with one attached hydrogen (secondary N) is 1. The molecule has 6 heteroatoms. The number of methoxy groups -OCH3 is 1. The maximum Gasteiger partial charge on any atom is 0.508 e. The minimum Gasteiger partial charge on any atom is -0.438 e. The molecule has 24 heavy (non-hydrogen) atoms. The third kappa shape index (κ3) is 4.86. The van der Waals surface area contributed by atoms with Crippen molar-refractivity contribution in [3.05, 3.63) is 70.8 Å². The Labute approximate surface area is 144 Å². The molecule has 0 radical (unpaired) electrons. The summed E-state index contributed by atoms with van der Waals surface area (Å²) >= 11 is 6.04. The smallest absolute Gasteiger partial charge is 0.438 e. The van der Waals surface area contributed by atoms with Gasteiger partial charge in [0.15, 0.2) is 0 Å². The van der Waals surface area contributed by atoms with E-state index >= 15 is 0 Å². The summed E-state index contributed by atoms with van der Waals surface area (Å²) in [6.45, 7) is 0.0689. The number of carbonyl (C=O) groups excluding carboxylic acids is 2. The molecule has 1 N–H and O–H groups in total. The van der Waals surface area contributed by atoms with Crippen LogP contribution in [-0.2, 0) is 9.47 Å². The summed E-state index contributed by atoms with van der Waals surface area (Å²) in [5.74, 6) is -0.299. The highest BCUT2D eigenvalue weighted by Gasteiger charge is 2.11. The molecule has 0 aliphatic rings. The first-order valence-electron chi connectivity index (χ1n) is 7.14. The zero-order valence-corrected chi connectivity index (χ0v) is 13.7. The standard InChI is InChI=1S/C18H16ClNO4/c1-23-18(22)24-12-6-8-13-7-2-5-11-16(13)20-17(21)14-9-3-4-10-15(14)19/h2-11H,12H2,1H3,(H,20,21)/b8-6+. The Morgan fingerprint density at radius 2 is 1.83 bits per heavy atom. The lowest BCUT2D eigenvalue weighted by Crippen LogP contribution is -2.13. The molecule has 124 valence electrons. The Balaban J connectivity index is 2.09. The average molecular weight is 346 g/mol. The number of halogens is 1. The van der Waals surface area contributed by atoms with E-state index < -0.39 is 6.16 Å². The fourth-order valence-corrected chi connectivity index (χ4v) is 2.16. The number of ether oxygens (including phenoxy) is 2. The minimum absolute atomic E-state index is 0.0689. The van der Waals surface area contributed by atoms with Crippen molar-refractivity contribution in [2.75, 3.05) is 19.0 Å². The lowest BCUT2D eigenvalue weighted by molar-refractivity contribution is 0.0819. The molecular formula is C18H16ClNO4. The largest absolute Gasteiger partial charge is 0.508 e. The Morgan fingerprint density at radius 3 is 2.58 bits per heavy atom. The summed E-state index contributed by atoms with van der Waals surface area (Å²) < 4.78 is 9.14. The fraction of sp³-hybridized carbons (Fsp3) is 0.111. The van der Waals surface area contributed by atoms with E-state index in [1.807, 2.05) is 18.2 Å². The van der Waals surface area contributed by atoms with Crippen LogP contribution in [0.25, 0.3) is 6.08 Å². The first kappa shape index (κ1) is 17.6. The van der Waals surface area contributed by atoms with E-state index in [-0.39, 0.29) is 12.5 Å². The van der Waals surface area contributed by atoms with E-state index in [2.05, 4.69) is 10.1 Å². The lowest BCUT2D eigenvalue weighted by atomic mass is 10.1. The van der Waals surface area contributed by atoms with Crippen LogP contribution >= 0.6 is 11.6 Å². The number of rotatable bonds is 5. The monoisotopic (exact) mass is 345 g/mol. The number of hydrogen-bond donors (Lipinski definition) is 1. The predicted molar refractivity (Wildman–Crippen MR) is 93.2 cm³/mol. The number of para-hydroxylation sites is 1. The van der Waals surface area contributed by atoms with Gasteiger partial charge in [-0.3, -0.25) is 4.79 Å². The molecule has 2 rings (SSSR count). The second kappa shape index (κ2) is 8.74. The van der Waals surface area contributed by atoms with Crippen LogP contribution in [0.5, 0.6) is 0 Å². The third-order valence-corrected chi connectivity index (χ3v) is 3.42. The van der Waals surface area contributed by atoms with E-state index in [4.69, 9.17) is 16.3 Å². The first-order chi connectivity index (χ1) is 11.6. The molecule has 0 spiro atoms.